The Balaban J connectivity index is 0.00000108. The van der Waals surface area contributed by atoms with Crippen molar-refractivity contribution in [1.29, 1.82) is 0 Å². The normalized spacial score (nSPS) is 33.5. The summed E-state index contributed by atoms with van der Waals surface area (Å²) in [5.74, 6) is 0.358. The maximum absolute atomic E-state index is 11.8. The van der Waals surface area contributed by atoms with Crippen LogP contribution < -0.4 is 5.73 Å². The van der Waals surface area contributed by atoms with Gasteiger partial charge in [0.15, 0.2) is 0 Å². The molecule has 2 fully saturated rings. The van der Waals surface area contributed by atoms with Gasteiger partial charge in [-0.2, -0.15) is 0 Å². The Bertz CT molecular complexity index is 423. The number of rotatable bonds is 2. The summed E-state index contributed by atoms with van der Waals surface area (Å²) in [6, 6.07) is 9.11. The fourth-order valence-corrected chi connectivity index (χ4v) is 2.68. The summed E-state index contributed by atoms with van der Waals surface area (Å²) in [6.07, 6.45) is 2.90. The minimum absolute atomic E-state index is 0. The molecule has 1 aromatic carbocycles. The van der Waals surface area contributed by atoms with Crippen LogP contribution in [-0.2, 0) is 4.74 Å². The lowest BCUT2D eigenvalue weighted by Gasteiger charge is -2.14. The Hall–Kier alpha value is -1.06. The van der Waals surface area contributed by atoms with Crippen molar-refractivity contribution in [2.24, 2.45) is 11.7 Å². The SMILES string of the molecule is Cl.N[C@@]12C[C@@H](OC(=O)c3ccccc3)C[C@@H]1C2. The molecule has 2 aliphatic rings. The van der Waals surface area contributed by atoms with Gasteiger partial charge in [0.05, 0.1) is 5.56 Å². The number of ether oxygens (including phenoxy) is 1. The highest BCUT2D eigenvalue weighted by atomic mass is 35.5. The molecule has 1 aromatic rings. The number of halogens is 1. The zero-order chi connectivity index (χ0) is 11.2. The third-order valence-electron chi connectivity index (χ3n) is 3.72. The number of carbonyl (C=O) groups excluding carboxylic acids is 1. The number of benzene rings is 1. The van der Waals surface area contributed by atoms with E-state index in [9.17, 15) is 4.79 Å². The molecule has 0 aliphatic heterocycles. The number of nitrogens with two attached hydrogens (primary N) is 1. The summed E-state index contributed by atoms with van der Waals surface area (Å²) in [7, 11) is 0. The third kappa shape index (κ3) is 2.31. The van der Waals surface area contributed by atoms with E-state index in [1.54, 1.807) is 12.1 Å². The maximum atomic E-state index is 11.8. The van der Waals surface area contributed by atoms with E-state index < -0.39 is 0 Å². The topological polar surface area (TPSA) is 52.3 Å². The van der Waals surface area contributed by atoms with Crippen molar-refractivity contribution in [3.63, 3.8) is 0 Å². The van der Waals surface area contributed by atoms with Gasteiger partial charge in [0, 0.05) is 12.0 Å². The highest BCUT2D eigenvalue weighted by Gasteiger charge is 2.58. The Labute approximate surface area is 107 Å². The predicted molar refractivity (Wildman–Crippen MR) is 67.2 cm³/mol. The third-order valence-corrected chi connectivity index (χ3v) is 3.72. The summed E-state index contributed by atoms with van der Waals surface area (Å²) in [5, 5.41) is 0. The molecular weight excluding hydrogens is 238 g/mol. The van der Waals surface area contributed by atoms with Crippen LogP contribution in [0.5, 0.6) is 0 Å². The van der Waals surface area contributed by atoms with Crippen LogP contribution in [-0.4, -0.2) is 17.6 Å². The van der Waals surface area contributed by atoms with E-state index in [0.717, 1.165) is 19.3 Å². The molecule has 0 aromatic heterocycles. The Kier molecular flexibility index (Phi) is 3.15. The van der Waals surface area contributed by atoms with Gasteiger partial charge in [-0.05, 0) is 30.9 Å². The Morgan fingerprint density at radius 2 is 2.00 bits per heavy atom. The van der Waals surface area contributed by atoms with Crippen molar-refractivity contribution in [2.75, 3.05) is 0 Å². The van der Waals surface area contributed by atoms with Crippen LogP contribution in [0.2, 0.25) is 0 Å². The molecule has 0 radical (unpaired) electrons. The van der Waals surface area contributed by atoms with Gasteiger partial charge in [-0.1, -0.05) is 18.2 Å². The lowest BCUT2D eigenvalue weighted by molar-refractivity contribution is 0.0288. The number of hydrogen-bond acceptors (Lipinski definition) is 3. The summed E-state index contributed by atoms with van der Waals surface area (Å²) >= 11 is 0. The second-order valence-electron chi connectivity index (χ2n) is 4.97. The first-order valence-electron chi connectivity index (χ1n) is 5.72. The Morgan fingerprint density at radius 1 is 1.29 bits per heavy atom. The molecule has 0 spiro atoms. The maximum Gasteiger partial charge on any atom is 0.338 e. The molecule has 0 bridgehead atoms. The fraction of sp³-hybridized carbons (Fsp3) is 0.462. The van der Waals surface area contributed by atoms with Gasteiger partial charge in [0.1, 0.15) is 6.10 Å². The zero-order valence-corrected chi connectivity index (χ0v) is 10.3. The van der Waals surface area contributed by atoms with Crippen LogP contribution in [0, 0.1) is 5.92 Å². The average molecular weight is 254 g/mol. The van der Waals surface area contributed by atoms with Crippen molar-refractivity contribution in [3.05, 3.63) is 35.9 Å². The van der Waals surface area contributed by atoms with Gasteiger partial charge in [0.25, 0.3) is 0 Å². The van der Waals surface area contributed by atoms with Gasteiger partial charge < -0.3 is 10.5 Å². The molecule has 0 saturated heterocycles. The molecule has 0 unspecified atom stereocenters. The van der Waals surface area contributed by atoms with E-state index in [1.165, 1.54) is 0 Å². The van der Waals surface area contributed by atoms with E-state index in [4.69, 9.17) is 10.5 Å². The van der Waals surface area contributed by atoms with E-state index in [0.29, 0.717) is 11.5 Å². The van der Waals surface area contributed by atoms with Crippen LogP contribution in [0.4, 0.5) is 0 Å². The number of fused-ring (bicyclic) bond motifs is 1. The largest absolute Gasteiger partial charge is 0.459 e. The molecule has 3 rings (SSSR count). The van der Waals surface area contributed by atoms with E-state index >= 15 is 0 Å². The van der Waals surface area contributed by atoms with Gasteiger partial charge >= 0.3 is 5.97 Å². The summed E-state index contributed by atoms with van der Waals surface area (Å²) in [5.41, 5.74) is 6.67. The molecule has 3 atom stereocenters. The smallest absolute Gasteiger partial charge is 0.338 e. The molecule has 17 heavy (non-hydrogen) atoms. The second kappa shape index (κ2) is 4.31. The second-order valence-corrected chi connectivity index (χ2v) is 4.97. The van der Waals surface area contributed by atoms with E-state index in [-0.39, 0.29) is 30.0 Å². The van der Waals surface area contributed by atoms with Crippen molar-refractivity contribution in [1.82, 2.24) is 0 Å². The quantitative estimate of drug-likeness (QED) is 0.822. The average Bonchev–Trinajstić information content (AvgIpc) is 2.79. The predicted octanol–water partition coefficient (Wildman–Crippen LogP) is 2.15. The highest BCUT2D eigenvalue weighted by Crippen LogP contribution is 2.54. The molecule has 92 valence electrons. The lowest BCUT2D eigenvalue weighted by atomic mass is 10.1. The summed E-state index contributed by atoms with van der Waals surface area (Å²) < 4.78 is 5.44. The molecule has 4 heteroatoms. The Morgan fingerprint density at radius 3 is 2.59 bits per heavy atom. The first-order valence-corrected chi connectivity index (χ1v) is 5.72. The number of esters is 1. The van der Waals surface area contributed by atoms with Crippen molar-refractivity contribution < 1.29 is 9.53 Å². The molecule has 0 heterocycles. The van der Waals surface area contributed by atoms with Crippen LogP contribution in [0.3, 0.4) is 0 Å². The molecule has 3 nitrogen and oxygen atoms in total. The van der Waals surface area contributed by atoms with Crippen molar-refractivity contribution in [3.8, 4) is 0 Å². The highest BCUT2D eigenvalue weighted by molar-refractivity contribution is 5.89. The van der Waals surface area contributed by atoms with Gasteiger partial charge in [-0.3, -0.25) is 0 Å². The van der Waals surface area contributed by atoms with Gasteiger partial charge in [0.2, 0.25) is 0 Å². The zero-order valence-electron chi connectivity index (χ0n) is 9.46. The van der Waals surface area contributed by atoms with Gasteiger partial charge in [-0.15, -0.1) is 12.4 Å². The molecule has 0 amide bonds. The summed E-state index contributed by atoms with van der Waals surface area (Å²) in [6.45, 7) is 0. The van der Waals surface area contributed by atoms with Crippen LogP contribution in [0.15, 0.2) is 30.3 Å². The molecule has 2 saturated carbocycles. The van der Waals surface area contributed by atoms with Crippen LogP contribution >= 0.6 is 12.4 Å². The first kappa shape index (κ1) is 12.4. The van der Waals surface area contributed by atoms with Gasteiger partial charge in [-0.25, -0.2) is 4.79 Å². The standard InChI is InChI=1S/C13H15NO2.ClH/c14-13-7-10(13)6-11(8-13)16-12(15)9-4-2-1-3-5-9;/h1-5,10-11H,6-8,14H2;1H/t10-,11+,13+;/m1./s1. The number of hydrogen-bond donors (Lipinski definition) is 1. The number of carbonyl (C=O) groups is 1. The monoisotopic (exact) mass is 253 g/mol. The first-order chi connectivity index (χ1) is 7.67. The van der Waals surface area contributed by atoms with E-state index in [1.807, 2.05) is 18.2 Å². The molecule has 2 N–H and O–H groups in total. The van der Waals surface area contributed by atoms with Crippen LogP contribution in [0.25, 0.3) is 0 Å². The molecule has 2 aliphatic carbocycles. The summed E-state index contributed by atoms with van der Waals surface area (Å²) in [4.78, 5) is 11.8. The lowest BCUT2D eigenvalue weighted by Crippen LogP contribution is -2.25. The van der Waals surface area contributed by atoms with Crippen LogP contribution in [0.1, 0.15) is 29.6 Å². The minimum Gasteiger partial charge on any atom is -0.459 e. The fourth-order valence-electron chi connectivity index (χ4n) is 2.68. The van der Waals surface area contributed by atoms with Crippen molar-refractivity contribution in [2.45, 2.75) is 30.9 Å². The molecular formula is C13H16ClNO2. The minimum atomic E-state index is -0.226. The van der Waals surface area contributed by atoms with E-state index in [2.05, 4.69) is 0 Å². The van der Waals surface area contributed by atoms with Crippen molar-refractivity contribution >= 4 is 18.4 Å².